The van der Waals surface area contributed by atoms with E-state index in [1.54, 1.807) is 0 Å². The van der Waals surface area contributed by atoms with Crippen LogP contribution in [0.3, 0.4) is 0 Å². The summed E-state index contributed by atoms with van der Waals surface area (Å²) in [5.74, 6) is 0.702. The second-order valence-corrected chi connectivity index (χ2v) is 2.33. The van der Waals surface area contributed by atoms with Gasteiger partial charge in [0.2, 0.25) is 12.3 Å². The molecule has 0 radical (unpaired) electrons. The minimum atomic E-state index is 0.702. The van der Waals surface area contributed by atoms with Crippen molar-refractivity contribution >= 4 is 0 Å². The van der Waals surface area contributed by atoms with Gasteiger partial charge in [0.15, 0.2) is 0 Å². The van der Waals surface area contributed by atoms with Gasteiger partial charge in [0.05, 0.1) is 0 Å². The van der Waals surface area contributed by atoms with Crippen molar-refractivity contribution in [2.75, 3.05) is 13.1 Å². The molecular weight excluding hydrogens is 142 g/mol. The fraction of sp³-hybridized carbons (Fsp3) is 0.714. The van der Waals surface area contributed by atoms with E-state index in [9.17, 15) is 0 Å². The first-order chi connectivity index (χ1) is 5.43. The molecule has 0 atom stereocenters. The van der Waals surface area contributed by atoms with Crippen molar-refractivity contribution in [3.8, 4) is 0 Å². The van der Waals surface area contributed by atoms with E-state index >= 15 is 0 Å². The van der Waals surface area contributed by atoms with Crippen molar-refractivity contribution in [2.24, 2.45) is 0 Å². The van der Waals surface area contributed by atoms with Crippen LogP contribution in [-0.2, 0) is 6.42 Å². The zero-order valence-corrected chi connectivity index (χ0v) is 6.71. The monoisotopic (exact) mass is 155 g/mol. The highest BCUT2D eigenvalue weighted by molar-refractivity contribution is 4.73. The maximum Gasteiger partial charge on any atom is 0.217 e. The fourth-order valence-electron chi connectivity index (χ4n) is 0.802. The Kier molecular flexibility index (Phi) is 3.61. The van der Waals surface area contributed by atoms with Crippen LogP contribution in [-0.4, -0.2) is 23.3 Å². The second-order valence-electron chi connectivity index (χ2n) is 2.33. The summed E-state index contributed by atoms with van der Waals surface area (Å²) in [6, 6.07) is 0. The number of aromatic nitrogens is 2. The highest BCUT2D eigenvalue weighted by atomic mass is 16.4. The van der Waals surface area contributed by atoms with Gasteiger partial charge in [-0.3, -0.25) is 0 Å². The van der Waals surface area contributed by atoms with Crippen molar-refractivity contribution in [3.63, 3.8) is 0 Å². The molecule has 0 aliphatic rings. The Morgan fingerprint density at radius 2 is 2.45 bits per heavy atom. The third-order valence-electron chi connectivity index (χ3n) is 1.35. The predicted octanol–water partition coefficient (Wildman–Crippen LogP) is 0.612. The summed E-state index contributed by atoms with van der Waals surface area (Å²) < 4.78 is 4.95. The Labute approximate surface area is 66.0 Å². The summed E-state index contributed by atoms with van der Waals surface area (Å²) in [6.45, 7) is 4.10. The van der Waals surface area contributed by atoms with Gasteiger partial charge in [0.1, 0.15) is 0 Å². The molecule has 1 aromatic rings. The topological polar surface area (TPSA) is 51.0 Å². The van der Waals surface area contributed by atoms with Crippen molar-refractivity contribution in [2.45, 2.75) is 19.8 Å². The van der Waals surface area contributed by atoms with Gasteiger partial charge in [-0.15, -0.1) is 10.2 Å². The Morgan fingerprint density at radius 3 is 3.09 bits per heavy atom. The van der Waals surface area contributed by atoms with Crippen LogP contribution in [0.25, 0.3) is 0 Å². The highest BCUT2D eigenvalue weighted by Crippen LogP contribution is 1.90. The molecule has 0 aliphatic heterocycles. The van der Waals surface area contributed by atoms with Gasteiger partial charge < -0.3 is 9.73 Å². The van der Waals surface area contributed by atoms with Crippen LogP contribution >= 0.6 is 0 Å². The van der Waals surface area contributed by atoms with Gasteiger partial charge in [0, 0.05) is 13.0 Å². The molecule has 0 saturated heterocycles. The second kappa shape index (κ2) is 4.85. The standard InChI is InChI=1S/C7H13N3O/c1-2-4-8-5-3-7-10-9-6-11-7/h6,8H,2-5H2,1H3. The highest BCUT2D eigenvalue weighted by Gasteiger charge is 1.95. The molecule has 4 nitrogen and oxygen atoms in total. The van der Waals surface area contributed by atoms with Crippen LogP contribution in [0.5, 0.6) is 0 Å². The molecular formula is C7H13N3O. The van der Waals surface area contributed by atoms with Crippen LogP contribution in [0.15, 0.2) is 10.8 Å². The van der Waals surface area contributed by atoms with Crippen LogP contribution in [0, 0.1) is 0 Å². The summed E-state index contributed by atoms with van der Waals surface area (Å²) in [5, 5.41) is 10.6. The zero-order chi connectivity index (χ0) is 7.94. The third kappa shape index (κ3) is 3.13. The molecule has 0 spiro atoms. The fourth-order valence-corrected chi connectivity index (χ4v) is 0.802. The minimum absolute atomic E-state index is 0.702. The van der Waals surface area contributed by atoms with Crippen LogP contribution in [0.2, 0.25) is 0 Å². The number of hydrogen-bond acceptors (Lipinski definition) is 4. The van der Waals surface area contributed by atoms with E-state index < -0.39 is 0 Å². The lowest BCUT2D eigenvalue weighted by molar-refractivity contribution is 0.483. The molecule has 0 amide bonds. The molecule has 1 N–H and O–H groups in total. The smallest absolute Gasteiger partial charge is 0.217 e. The lowest BCUT2D eigenvalue weighted by atomic mass is 10.4. The number of hydrogen-bond donors (Lipinski definition) is 1. The van der Waals surface area contributed by atoms with Crippen LogP contribution in [0.4, 0.5) is 0 Å². The summed E-state index contributed by atoms with van der Waals surface area (Å²) in [6.07, 6.45) is 3.33. The van der Waals surface area contributed by atoms with E-state index in [-0.39, 0.29) is 0 Å². The van der Waals surface area contributed by atoms with Gasteiger partial charge in [-0.25, -0.2) is 0 Å². The van der Waals surface area contributed by atoms with E-state index in [4.69, 9.17) is 4.42 Å². The van der Waals surface area contributed by atoms with Gasteiger partial charge in [0.25, 0.3) is 0 Å². The number of nitrogens with one attached hydrogen (secondary N) is 1. The largest absolute Gasteiger partial charge is 0.428 e. The average Bonchev–Trinajstić information content (AvgIpc) is 2.50. The van der Waals surface area contributed by atoms with Crippen LogP contribution < -0.4 is 5.32 Å². The van der Waals surface area contributed by atoms with E-state index in [1.165, 1.54) is 6.39 Å². The maximum atomic E-state index is 4.95. The Balaban J connectivity index is 2.04. The Morgan fingerprint density at radius 1 is 1.55 bits per heavy atom. The Hall–Kier alpha value is -0.900. The van der Waals surface area contributed by atoms with Gasteiger partial charge in [-0.1, -0.05) is 6.92 Å². The SMILES string of the molecule is CCCNCCc1nnco1. The van der Waals surface area contributed by atoms with Gasteiger partial charge in [-0.05, 0) is 13.0 Å². The first-order valence-corrected chi connectivity index (χ1v) is 3.89. The predicted molar refractivity (Wildman–Crippen MR) is 41.2 cm³/mol. The molecule has 0 saturated carbocycles. The van der Waals surface area contributed by atoms with E-state index in [0.717, 1.165) is 25.9 Å². The first-order valence-electron chi connectivity index (χ1n) is 3.89. The quantitative estimate of drug-likeness (QED) is 0.633. The molecule has 0 bridgehead atoms. The molecule has 0 aliphatic carbocycles. The van der Waals surface area contributed by atoms with E-state index in [1.807, 2.05) is 0 Å². The average molecular weight is 155 g/mol. The molecule has 1 heterocycles. The van der Waals surface area contributed by atoms with Crippen LogP contribution in [0.1, 0.15) is 19.2 Å². The van der Waals surface area contributed by atoms with Gasteiger partial charge in [-0.2, -0.15) is 0 Å². The number of nitrogens with zero attached hydrogens (tertiary/aromatic N) is 2. The molecule has 62 valence electrons. The maximum absolute atomic E-state index is 4.95. The van der Waals surface area contributed by atoms with Gasteiger partial charge >= 0.3 is 0 Å². The summed E-state index contributed by atoms with van der Waals surface area (Å²) in [7, 11) is 0. The Bertz CT molecular complexity index is 174. The molecule has 11 heavy (non-hydrogen) atoms. The molecule has 0 aromatic carbocycles. The third-order valence-corrected chi connectivity index (χ3v) is 1.35. The lowest BCUT2D eigenvalue weighted by Gasteiger charge is -1.97. The zero-order valence-electron chi connectivity index (χ0n) is 6.71. The molecule has 0 unspecified atom stereocenters. The van der Waals surface area contributed by atoms with Crippen molar-refractivity contribution in [1.82, 2.24) is 15.5 Å². The van der Waals surface area contributed by atoms with E-state index in [0.29, 0.717) is 5.89 Å². The van der Waals surface area contributed by atoms with Crippen molar-refractivity contribution in [1.29, 1.82) is 0 Å². The van der Waals surface area contributed by atoms with Crippen molar-refractivity contribution in [3.05, 3.63) is 12.3 Å². The summed E-state index contributed by atoms with van der Waals surface area (Å²) >= 11 is 0. The molecule has 1 aromatic heterocycles. The minimum Gasteiger partial charge on any atom is -0.428 e. The normalized spacial score (nSPS) is 10.3. The summed E-state index contributed by atoms with van der Waals surface area (Å²) in [4.78, 5) is 0. The number of rotatable bonds is 5. The van der Waals surface area contributed by atoms with Crippen molar-refractivity contribution < 1.29 is 4.42 Å². The molecule has 1 rings (SSSR count). The summed E-state index contributed by atoms with van der Waals surface area (Å²) in [5.41, 5.74) is 0. The lowest BCUT2D eigenvalue weighted by Crippen LogP contribution is -2.17. The first kappa shape index (κ1) is 8.20. The van der Waals surface area contributed by atoms with E-state index in [2.05, 4.69) is 22.4 Å². The molecule has 0 fully saturated rings. The molecule has 4 heteroatoms.